The zero-order chi connectivity index (χ0) is 16.2. The third-order valence-electron chi connectivity index (χ3n) is 3.82. The Morgan fingerprint density at radius 1 is 1.52 bits per heavy atom. The molecule has 1 fully saturated rings. The average molecular weight is 317 g/mol. The first kappa shape index (κ1) is 15.4. The molecule has 0 radical (unpaired) electrons. The topological polar surface area (TPSA) is 93.1 Å². The molecule has 1 aliphatic heterocycles. The minimum atomic E-state index is -0.161. The Bertz CT molecular complexity index is 738. The van der Waals surface area contributed by atoms with Crippen LogP contribution in [-0.2, 0) is 18.2 Å². The fraction of sp³-hybridized carbons (Fsp3) is 0.467. The standard InChI is InChI=1S/C15H19N5O3/c1-19-5-4-13(18-19)15(22)20-6-7-23-12(9-20)3-2-11-8-14(21)17-10-16-11/h4-5,8,10,12H,2-3,6-7,9H2,1H3,(H,16,17,21). The lowest BCUT2D eigenvalue weighted by Crippen LogP contribution is -2.46. The second-order valence-electron chi connectivity index (χ2n) is 5.56. The maximum atomic E-state index is 12.4. The highest BCUT2D eigenvalue weighted by Gasteiger charge is 2.26. The number of morpholine rings is 1. The summed E-state index contributed by atoms with van der Waals surface area (Å²) in [6.45, 7) is 1.60. The number of ether oxygens (including phenoxy) is 1. The van der Waals surface area contributed by atoms with E-state index in [2.05, 4.69) is 15.1 Å². The number of rotatable bonds is 4. The number of hydrogen-bond acceptors (Lipinski definition) is 5. The van der Waals surface area contributed by atoms with E-state index in [9.17, 15) is 9.59 Å². The Kier molecular flexibility index (Phi) is 4.52. The molecule has 3 rings (SSSR count). The third-order valence-corrected chi connectivity index (χ3v) is 3.82. The minimum absolute atomic E-state index is 0.0579. The van der Waals surface area contributed by atoms with Gasteiger partial charge < -0.3 is 14.6 Å². The molecule has 1 unspecified atom stereocenters. The largest absolute Gasteiger partial charge is 0.375 e. The molecule has 122 valence electrons. The molecule has 23 heavy (non-hydrogen) atoms. The summed E-state index contributed by atoms with van der Waals surface area (Å²) in [6, 6.07) is 3.20. The number of carbonyl (C=O) groups excluding carboxylic acids is 1. The second kappa shape index (κ2) is 6.74. The van der Waals surface area contributed by atoms with Crippen LogP contribution in [0.5, 0.6) is 0 Å². The van der Waals surface area contributed by atoms with Crippen LogP contribution >= 0.6 is 0 Å². The van der Waals surface area contributed by atoms with Gasteiger partial charge in [0.05, 0.1) is 19.0 Å². The van der Waals surface area contributed by atoms with Crippen molar-refractivity contribution in [2.75, 3.05) is 19.7 Å². The lowest BCUT2D eigenvalue weighted by Gasteiger charge is -2.32. The molecular weight excluding hydrogens is 298 g/mol. The van der Waals surface area contributed by atoms with Crippen molar-refractivity contribution >= 4 is 5.91 Å². The zero-order valence-corrected chi connectivity index (χ0v) is 12.9. The van der Waals surface area contributed by atoms with Gasteiger partial charge in [-0.1, -0.05) is 0 Å². The van der Waals surface area contributed by atoms with Crippen LogP contribution in [0.4, 0.5) is 0 Å². The smallest absolute Gasteiger partial charge is 0.274 e. The lowest BCUT2D eigenvalue weighted by atomic mass is 10.1. The minimum Gasteiger partial charge on any atom is -0.375 e. The lowest BCUT2D eigenvalue weighted by molar-refractivity contribution is -0.0249. The molecule has 0 saturated carbocycles. The van der Waals surface area contributed by atoms with E-state index < -0.39 is 0 Å². The van der Waals surface area contributed by atoms with Crippen molar-refractivity contribution in [3.63, 3.8) is 0 Å². The van der Waals surface area contributed by atoms with Crippen molar-refractivity contribution in [3.8, 4) is 0 Å². The summed E-state index contributed by atoms with van der Waals surface area (Å²) in [7, 11) is 1.79. The van der Waals surface area contributed by atoms with Gasteiger partial charge >= 0.3 is 0 Å². The van der Waals surface area contributed by atoms with Gasteiger partial charge in [0.25, 0.3) is 11.5 Å². The van der Waals surface area contributed by atoms with Crippen molar-refractivity contribution in [1.29, 1.82) is 0 Å². The highest BCUT2D eigenvalue weighted by atomic mass is 16.5. The average Bonchev–Trinajstić information content (AvgIpc) is 2.99. The molecule has 0 aromatic carbocycles. The highest BCUT2D eigenvalue weighted by Crippen LogP contribution is 2.13. The van der Waals surface area contributed by atoms with E-state index in [1.807, 2.05) is 0 Å². The molecule has 0 aliphatic carbocycles. The first-order chi connectivity index (χ1) is 11.1. The molecule has 1 N–H and O–H groups in total. The van der Waals surface area contributed by atoms with Gasteiger partial charge in [0, 0.05) is 38.1 Å². The van der Waals surface area contributed by atoms with Crippen LogP contribution in [0, 0.1) is 0 Å². The van der Waals surface area contributed by atoms with E-state index in [0.717, 1.165) is 5.69 Å². The molecule has 1 aliphatic rings. The quantitative estimate of drug-likeness (QED) is 0.855. The number of H-pyrrole nitrogens is 1. The number of nitrogens with one attached hydrogen (secondary N) is 1. The fourth-order valence-electron chi connectivity index (χ4n) is 2.62. The van der Waals surface area contributed by atoms with Gasteiger partial charge in [-0.3, -0.25) is 14.3 Å². The molecule has 8 nitrogen and oxygen atoms in total. The summed E-state index contributed by atoms with van der Waals surface area (Å²) >= 11 is 0. The number of aromatic nitrogens is 4. The molecule has 0 bridgehead atoms. The first-order valence-electron chi connectivity index (χ1n) is 7.56. The maximum absolute atomic E-state index is 12.4. The first-order valence-corrected chi connectivity index (χ1v) is 7.56. The Morgan fingerprint density at radius 2 is 2.39 bits per heavy atom. The summed E-state index contributed by atoms with van der Waals surface area (Å²) < 4.78 is 7.33. The zero-order valence-electron chi connectivity index (χ0n) is 12.9. The van der Waals surface area contributed by atoms with Crippen molar-refractivity contribution in [2.45, 2.75) is 18.9 Å². The summed E-state index contributed by atoms with van der Waals surface area (Å²) in [5, 5.41) is 4.15. The Labute approximate surface area is 133 Å². The SMILES string of the molecule is Cn1ccc(C(=O)N2CCOC(CCc3cc(=O)[nH]cn3)C2)n1. The molecule has 3 heterocycles. The Hall–Kier alpha value is -2.48. The van der Waals surface area contributed by atoms with E-state index >= 15 is 0 Å². The van der Waals surface area contributed by atoms with Crippen LogP contribution in [0.3, 0.4) is 0 Å². The molecular formula is C15H19N5O3. The van der Waals surface area contributed by atoms with Crippen molar-refractivity contribution in [2.24, 2.45) is 7.05 Å². The maximum Gasteiger partial charge on any atom is 0.274 e. The molecule has 1 atom stereocenters. The van der Waals surface area contributed by atoms with E-state index in [1.165, 1.54) is 12.4 Å². The third kappa shape index (κ3) is 3.84. The number of amides is 1. The van der Waals surface area contributed by atoms with Crippen LogP contribution in [0.15, 0.2) is 29.5 Å². The predicted molar refractivity (Wildman–Crippen MR) is 82.0 cm³/mol. The van der Waals surface area contributed by atoms with E-state index in [4.69, 9.17) is 4.74 Å². The number of hydrogen-bond donors (Lipinski definition) is 1. The number of aryl methyl sites for hydroxylation is 2. The second-order valence-corrected chi connectivity index (χ2v) is 5.56. The predicted octanol–water partition coefficient (Wildman–Crippen LogP) is -0.0228. The van der Waals surface area contributed by atoms with Crippen LogP contribution in [-0.4, -0.2) is 56.4 Å². The van der Waals surface area contributed by atoms with E-state index in [1.54, 1.807) is 28.9 Å². The van der Waals surface area contributed by atoms with Crippen LogP contribution in [0.1, 0.15) is 22.6 Å². The van der Waals surface area contributed by atoms with Gasteiger partial charge in [0.15, 0.2) is 0 Å². The monoisotopic (exact) mass is 317 g/mol. The number of carbonyl (C=O) groups is 1. The van der Waals surface area contributed by atoms with E-state index in [-0.39, 0.29) is 17.6 Å². The van der Waals surface area contributed by atoms with Gasteiger partial charge in [-0.15, -0.1) is 0 Å². The van der Waals surface area contributed by atoms with Crippen LogP contribution < -0.4 is 5.56 Å². The number of nitrogens with zero attached hydrogens (tertiary/aromatic N) is 4. The Morgan fingerprint density at radius 3 is 3.13 bits per heavy atom. The van der Waals surface area contributed by atoms with E-state index in [0.29, 0.717) is 38.2 Å². The molecule has 2 aromatic heterocycles. The van der Waals surface area contributed by atoms with Gasteiger partial charge in [-0.2, -0.15) is 5.10 Å². The molecule has 1 saturated heterocycles. The molecule has 1 amide bonds. The Balaban J connectivity index is 1.57. The van der Waals surface area contributed by atoms with Gasteiger partial charge in [-0.25, -0.2) is 4.98 Å². The van der Waals surface area contributed by atoms with Gasteiger partial charge in [0.2, 0.25) is 0 Å². The molecule has 0 spiro atoms. The summed E-state index contributed by atoms with van der Waals surface area (Å²) in [5.41, 5.74) is 1.02. The summed E-state index contributed by atoms with van der Waals surface area (Å²) in [5.74, 6) is -0.0758. The summed E-state index contributed by atoms with van der Waals surface area (Å²) in [4.78, 5) is 32.0. The van der Waals surface area contributed by atoms with Crippen LogP contribution in [0.25, 0.3) is 0 Å². The van der Waals surface area contributed by atoms with Crippen LogP contribution in [0.2, 0.25) is 0 Å². The normalized spacial score (nSPS) is 18.1. The van der Waals surface area contributed by atoms with Crippen molar-refractivity contribution < 1.29 is 9.53 Å². The molecule has 2 aromatic rings. The summed E-state index contributed by atoms with van der Waals surface area (Å²) in [6.07, 6.45) is 4.44. The highest BCUT2D eigenvalue weighted by molar-refractivity contribution is 5.92. The molecule has 8 heteroatoms. The van der Waals surface area contributed by atoms with Crippen molar-refractivity contribution in [3.05, 3.63) is 46.4 Å². The van der Waals surface area contributed by atoms with Crippen molar-refractivity contribution in [1.82, 2.24) is 24.6 Å². The van der Waals surface area contributed by atoms with Gasteiger partial charge in [-0.05, 0) is 18.9 Å². The van der Waals surface area contributed by atoms with Gasteiger partial charge in [0.1, 0.15) is 5.69 Å². The number of aromatic amines is 1. The fourth-order valence-corrected chi connectivity index (χ4v) is 2.62.